The number of hydrogen-bond donors (Lipinski definition) is 2. The summed E-state index contributed by atoms with van der Waals surface area (Å²) >= 11 is 6.14. The molecular formula is C16H19ClN2O6. The maximum atomic E-state index is 12.4. The van der Waals surface area contributed by atoms with E-state index in [1.807, 2.05) is 5.32 Å². The molecule has 136 valence electrons. The number of amides is 3. The number of halogens is 1. The highest BCUT2D eigenvalue weighted by molar-refractivity contribution is 6.32. The lowest BCUT2D eigenvalue weighted by atomic mass is 10.1. The molecule has 0 bridgehead atoms. The number of rotatable bonds is 4. The van der Waals surface area contributed by atoms with Gasteiger partial charge in [-0.2, -0.15) is 0 Å². The molecule has 0 spiro atoms. The summed E-state index contributed by atoms with van der Waals surface area (Å²) in [4.78, 5) is 35.2. The molecule has 9 heteroatoms. The number of esters is 1. The van der Waals surface area contributed by atoms with E-state index >= 15 is 0 Å². The molecule has 0 saturated carbocycles. The Labute approximate surface area is 149 Å². The van der Waals surface area contributed by atoms with Gasteiger partial charge in [0.05, 0.1) is 23.8 Å². The zero-order valence-electron chi connectivity index (χ0n) is 13.8. The van der Waals surface area contributed by atoms with Gasteiger partial charge in [-0.05, 0) is 18.1 Å². The molecule has 1 heterocycles. The fourth-order valence-electron chi connectivity index (χ4n) is 2.22. The zero-order chi connectivity index (χ0) is 18.6. The van der Waals surface area contributed by atoms with Gasteiger partial charge in [0.25, 0.3) is 5.91 Å². The maximum absolute atomic E-state index is 12.4. The number of ether oxygens (including phenoxy) is 3. The lowest BCUT2D eigenvalue weighted by molar-refractivity contribution is -0.130. The summed E-state index contributed by atoms with van der Waals surface area (Å²) in [7, 11) is 0. The highest BCUT2D eigenvalue weighted by Gasteiger charge is 2.29. The van der Waals surface area contributed by atoms with Gasteiger partial charge in [-0.25, -0.2) is 9.59 Å². The molecule has 1 aliphatic rings. The minimum absolute atomic E-state index is 0.103. The van der Waals surface area contributed by atoms with Crippen molar-refractivity contribution in [2.24, 2.45) is 11.7 Å². The Morgan fingerprint density at radius 3 is 2.56 bits per heavy atom. The molecule has 2 rings (SSSR count). The summed E-state index contributed by atoms with van der Waals surface area (Å²) < 4.78 is 16.2. The third-order valence-electron chi connectivity index (χ3n) is 3.38. The number of primary amides is 1. The van der Waals surface area contributed by atoms with Crippen LogP contribution in [0.15, 0.2) is 12.1 Å². The number of nitrogens with two attached hydrogens (primary N) is 1. The summed E-state index contributed by atoms with van der Waals surface area (Å²) in [5.41, 5.74) is 5.03. The number of hydrogen-bond acceptors (Lipinski definition) is 6. The van der Waals surface area contributed by atoms with E-state index in [9.17, 15) is 14.4 Å². The number of benzene rings is 1. The first-order valence-electron chi connectivity index (χ1n) is 7.70. The molecule has 3 amide bonds. The van der Waals surface area contributed by atoms with Gasteiger partial charge in [-0.15, -0.1) is 0 Å². The lowest BCUT2D eigenvalue weighted by Crippen LogP contribution is -2.45. The van der Waals surface area contributed by atoms with E-state index in [1.165, 1.54) is 12.1 Å². The molecular weight excluding hydrogens is 352 g/mol. The minimum Gasteiger partial charge on any atom is -0.489 e. The first-order valence-corrected chi connectivity index (χ1v) is 8.07. The van der Waals surface area contributed by atoms with Crippen LogP contribution in [0, 0.1) is 5.92 Å². The van der Waals surface area contributed by atoms with Crippen molar-refractivity contribution in [2.45, 2.75) is 26.4 Å². The first-order chi connectivity index (χ1) is 11.8. The molecule has 0 aromatic heterocycles. The normalized spacial score (nSPS) is 14.4. The Morgan fingerprint density at radius 2 is 1.92 bits per heavy atom. The Kier molecular flexibility index (Phi) is 6.08. The Hall–Kier alpha value is -2.48. The van der Waals surface area contributed by atoms with Crippen LogP contribution >= 0.6 is 11.6 Å². The van der Waals surface area contributed by atoms with Gasteiger partial charge in [0.2, 0.25) is 0 Å². The predicted molar refractivity (Wildman–Crippen MR) is 88.8 cm³/mol. The molecule has 1 aromatic rings. The standard InChI is InChI=1S/C16H19ClN2O6/c1-8(2)12(14(20)19-16(18)22)25-15(21)9-6-10(17)13-11(7-9)23-4-3-5-24-13/h6-8,12H,3-5H2,1-2H3,(H3,18,19,20,22)/t12-/m1/s1. The van der Waals surface area contributed by atoms with Crippen molar-refractivity contribution < 1.29 is 28.6 Å². The van der Waals surface area contributed by atoms with Crippen molar-refractivity contribution in [2.75, 3.05) is 13.2 Å². The SMILES string of the molecule is CC(C)[C@@H](OC(=O)c1cc(Cl)c2c(c1)OCCCO2)C(=O)NC(N)=O. The highest BCUT2D eigenvalue weighted by atomic mass is 35.5. The fraction of sp³-hybridized carbons (Fsp3) is 0.438. The smallest absolute Gasteiger partial charge is 0.339 e. The van der Waals surface area contributed by atoms with Crippen molar-refractivity contribution in [3.8, 4) is 11.5 Å². The second-order valence-corrected chi connectivity index (χ2v) is 6.17. The Morgan fingerprint density at radius 1 is 1.24 bits per heavy atom. The van der Waals surface area contributed by atoms with Gasteiger partial charge in [-0.1, -0.05) is 25.4 Å². The molecule has 0 aliphatic carbocycles. The number of fused-ring (bicyclic) bond motifs is 1. The van der Waals surface area contributed by atoms with E-state index in [-0.39, 0.29) is 16.5 Å². The lowest BCUT2D eigenvalue weighted by Gasteiger charge is -2.20. The third-order valence-corrected chi connectivity index (χ3v) is 3.66. The van der Waals surface area contributed by atoms with Crippen LogP contribution in [-0.4, -0.2) is 37.2 Å². The molecule has 0 saturated heterocycles. The van der Waals surface area contributed by atoms with Crippen LogP contribution in [0.2, 0.25) is 5.02 Å². The van der Waals surface area contributed by atoms with E-state index in [0.717, 1.165) is 0 Å². The molecule has 3 N–H and O–H groups in total. The number of urea groups is 1. The summed E-state index contributed by atoms with van der Waals surface area (Å²) in [5, 5.41) is 2.11. The van der Waals surface area contributed by atoms with Crippen molar-refractivity contribution in [1.82, 2.24) is 5.32 Å². The first kappa shape index (κ1) is 18.9. The second-order valence-electron chi connectivity index (χ2n) is 5.76. The van der Waals surface area contributed by atoms with Crippen molar-refractivity contribution in [1.29, 1.82) is 0 Å². The Balaban J connectivity index is 2.21. The largest absolute Gasteiger partial charge is 0.489 e. The predicted octanol–water partition coefficient (Wildman–Crippen LogP) is 1.88. The van der Waals surface area contributed by atoms with Crippen LogP contribution < -0.4 is 20.5 Å². The van der Waals surface area contributed by atoms with Crippen LogP contribution in [0.5, 0.6) is 11.5 Å². The van der Waals surface area contributed by atoms with Crippen LogP contribution in [0.4, 0.5) is 4.79 Å². The summed E-state index contributed by atoms with van der Waals surface area (Å²) in [5.74, 6) is -1.26. The molecule has 25 heavy (non-hydrogen) atoms. The number of nitrogens with one attached hydrogen (secondary N) is 1. The van der Waals surface area contributed by atoms with Crippen LogP contribution in [0.1, 0.15) is 30.6 Å². The summed E-state index contributed by atoms with van der Waals surface area (Å²) in [6.45, 7) is 4.22. The fourth-order valence-corrected chi connectivity index (χ4v) is 2.48. The van der Waals surface area contributed by atoms with Crippen molar-refractivity contribution >= 4 is 29.5 Å². The van der Waals surface area contributed by atoms with E-state index in [2.05, 4.69) is 0 Å². The van der Waals surface area contributed by atoms with E-state index in [1.54, 1.807) is 13.8 Å². The monoisotopic (exact) mass is 370 g/mol. The zero-order valence-corrected chi connectivity index (χ0v) is 14.6. The molecule has 0 unspecified atom stereocenters. The Bertz CT molecular complexity index is 691. The van der Waals surface area contributed by atoms with Crippen LogP contribution in [-0.2, 0) is 9.53 Å². The van der Waals surface area contributed by atoms with Gasteiger partial charge in [-0.3, -0.25) is 10.1 Å². The maximum Gasteiger partial charge on any atom is 0.339 e. The van der Waals surface area contributed by atoms with E-state index in [4.69, 9.17) is 31.5 Å². The topological polar surface area (TPSA) is 117 Å². The molecule has 8 nitrogen and oxygen atoms in total. The van der Waals surface area contributed by atoms with Crippen LogP contribution in [0.25, 0.3) is 0 Å². The molecule has 1 atom stereocenters. The molecule has 0 radical (unpaired) electrons. The van der Waals surface area contributed by atoms with Crippen molar-refractivity contribution in [3.05, 3.63) is 22.7 Å². The number of carbonyl (C=O) groups is 3. The minimum atomic E-state index is -1.19. The second kappa shape index (κ2) is 8.06. The van der Waals surface area contributed by atoms with Gasteiger partial charge in [0.15, 0.2) is 17.6 Å². The average Bonchev–Trinajstić information content (AvgIpc) is 2.76. The van der Waals surface area contributed by atoms with E-state index in [0.29, 0.717) is 31.1 Å². The summed E-state index contributed by atoms with van der Waals surface area (Å²) in [6, 6.07) is 1.80. The number of imide groups is 1. The average molecular weight is 371 g/mol. The highest BCUT2D eigenvalue weighted by Crippen LogP contribution is 2.38. The van der Waals surface area contributed by atoms with Gasteiger partial charge < -0.3 is 19.9 Å². The summed E-state index contributed by atoms with van der Waals surface area (Å²) in [6.07, 6.45) is -0.497. The van der Waals surface area contributed by atoms with Gasteiger partial charge in [0, 0.05) is 6.42 Å². The quantitative estimate of drug-likeness (QED) is 0.781. The third kappa shape index (κ3) is 4.76. The molecule has 0 fully saturated rings. The molecule has 1 aromatic carbocycles. The van der Waals surface area contributed by atoms with Crippen LogP contribution in [0.3, 0.4) is 0 Å². The van der Waals surface area contributed by atoms with Gasteiger partial charge in [0.1, 0.15) is 0 Å². The van der Waals surface area contributed by atoms with E-state index < -0.39 is 24.0 Å². The van der Waals surface area contributed by atoms with Gasteiger partial charge >= 0.3 is 12.0 Å². The van der Waals surface area contributed by atoms with Crippen molar-refractivity contribution in [3.63, 3.8) is 0 Å². The molecule has 1 aliphatic heterocycles. The number of carbonyl (C=O) groups excluding carboxylic acids is 3.